The highest BCUT2D eigenvalue weighted by Gasteiger charge is 2.39. The van der Waals surface area contributed by atoms with Gasteiger partial charge in [-0.2, -0.15) is 0 Å². The van der Waals surface area contributed by atoms with Crippen molar-refractivity contribution in [2.45, 2.75) is 85.3 Å². The van der Waals surface area contributed by atoms with E-state index in [0.717, 1.165) is 33.8 Å². The van der Waals surface area contributed by atoms with Gasteiger partial charge in [-0.15, -0.1) is 0 Å². The Labute approximate surface area is 234 Å². The van der Waals surface area contributed by atoms with Crippen LogP contribution in [-0.2, 0) is 9.13 Å². The van der Waals surface area contributed by atoms with Gasteiger partial charge in [-0.05, 0) is 88.3 Å². The van der Waals surface area contributed by atoms with E-state index in [4.69, 9.17) is 18.5 Å². The molecule has 3 unspecified atom stereocenters. The molecule has 3 aromatic rings. The fourth-order valence-corrected chi connectivity index (χ4v) is 6.66. The maximum absolute atomic E-state index is 13.7. The average molecular weight is 573 g/mol. The predicted molar refractivity (Wildman–Crippen MR) is 161 cm³/mol. The molecule has 39 heavy (non-hydrogen) atoms. The zero-order valence-electron chi connectivity index (χ0n) is 24.3. The van der Waals surface area contributed by atoms with Crippen molar-refractivity contribution in [3.8, 4) is 23.0 Å². The Bertz CT molecular complexity index is 1290. The van der Waals surface area contributed by atoms with Gasteiger partial charge in [0, 0.05) is 6.07 Å². The molecule has 0 saturated heterocycles. The van der Waals surface area contributed by atoms with Gasteiger partial charge in [0.05, 0.1) is 0 Å². The van der Waals surface area contributed by atoms with Crippen LogP contribution >= 0.6 is 16.1 Å². The predicted octanol–water partition coefficient (Wildman–Crippen LogP) is 9.43. The minimum atomic E-state index is -2.72. The smallest absolute Gasteiger partial charge is 0.278 e. The third-order valence-electron chi connectivity index (χ3n) is 7.29. The molecule has 0 spiro atoms. The molecular formula is C31H42O6P2. The van der Waals surface area contributed by atoms with Crippen LogP contribution in [-0.4, -0.2) is 10.7 Å². The molecule has 8 heteroatoms. The number of hydrogen-bond acceptors (Lipinski definition) is 6. The van der Waals surface area contributed by atoms with Gasteiger partial charge in [0.1, 0.15) is 23.0 Å². The lowest BCUT2D eigenvalue weighted by molar-refractivity contribution is 0.133. The van der Waals surface area contributed by atoms with Crippen LogP contribution in [0.3, 0.4) is 0 Å². The molecule has 0 aliphatic carbocycles. The van der Waals surface area contributed by atoms with Crippen LogP contribution in [0.1, 0.15) is 69.2 Å². The second-order valence-electron chi connectivity index (χ2n) is 10.2. The van der Waals surface area contributed by atoms with Crippen LogP contribution < -0.4 is 18.5 Å². The van der Waals surface area contributed by atoms with E-state index in [2.05, 4.69) is 0 Å². The zero-order valence-corrected chi connectivity index (χ0v) is 26.3. The van der Waals surface area contributed by atoms with Gasteiger partial charge < -0.3 is 18.5 Å². The van der Waals surface area contributed by atoms with E-state index in [-0.39, 0.29) is 0 Å². The third-order valence-corrected chi connectivity index (χ3v) is 11.0. The summed E-state index contributed by atoms with van der Waals surface area (Å²) in [6.45, 7) is 15.5. The Balaban J connectivity index is 1.79. The molecule has 0 fully saturated rings. The summed E-state index contributed by atoms with van der Waals surface area (Å²) < 4.78 is 51.8. The van der Waals surface area contributed by atoms with Crippen LogP contribution in [0.15, 0.2) is 60.7 Å². The highest BCUT2D eigenvalue weighted by Crippen LogP contribution is 2.49. The molecule has 0 amide bonds. The second-order valence-corrected chi connectivity index (χ2v) is 13.7. The van der Waals surface area contributed by atoms with Gasteiger partial charge in [0.2, 0.25) is 0 Å². The summed E-state index contributed by atoms with van der Waals surface area (Å²) in [5, 5.41) is -1.98. The number of benzene rings is 3. The van der Waals surface area contributed by atoms with Crippen molar-refractivity contribution < 1.29 is 27.7 Å². The Morgan fingerprint density at radius 1 is 0.615 bits per heavy atom. The van der Waals surface area contributed by atoms with E-state index >= 15 is 0 Å². The van der Waals surface area contributed by atoms with Crippen LogP contribution in [0, 0.1) is 27.7 Å². The van der Waals surface area contributed by atoms with Gasteiger partial charge in [-0.3, -0.25) is 9.13 Å². The molecule has 3 rings (SSSR count). The quantitative estimate of drug-likeness (QED) is 0.190. The van der Waals surface area contributed by atoms with E-state index < -0.39 is 26.7 Å². The van der Waals surface area contributed by atoms with Crippen molar-refractivity contribution in [1.82, 2.24) is 0 Å². The second kappa shape index (κ2) is 13.1. The van der Waals surface area contributed by atoms with Crippen LogP contribution in [0.4, 0.5) is 0 Å². The standard InChI is InChI=1S/C31H42O6P2/c1-9-30(8,34-28-22(4)15-12-16-23(28)5)38(32)36-26-19-14-20-27(21-26)37-39(33)31(10-2,11-3)35-29-24(6)17-13-18-25(29)7/h12-21,38-39H,9-11H2,1-8H3. The van der Waals surface area contributed by atoms with Crippen molar-refractivity contribution >= 4 is 16.1 Å². The minimum absolute atomic E-state index is 0.366. The Morgan fingerprint density at radius 3 is 1.46 bits per heavy atom. The monoisotopic (exact) mass is 572 g/mol. The van der Waals surface area contributed by atoms with Crippen LogP contribution in [0.25, 0.3) is 0 Å². The molecule has 0 aliphatic rings. The van der Waals surface area contributed by atoms with Gasteiger partial charge in [0.15, 0.2) is 10.7 Å². The molecule has 0 heterocycles. The number of para-hydroxylation sites is 2. The van der Waals surface area contributed by atoms with E-state index in [1.54, 1.807) is 31.2 Å². The highest BCUT2D eigenvalue weighted by molar-refractivity contribution is 7.41. The van der Waals surface area contributed by atoms with Gasteiger partial charge in [0.25, 0.3) is 16.1 Å². The Morgan fingerprint density at radius 2 is 1.03 bits per heavy atom. The van der Waals surface area contributed by atoms with E-state index in [9.17, 15) is 9.13 Å². The average Bonchev–Trinajstić information content (AvgIpc) is 2.91. The molecule has 0 saturated carbocycles. The van der Waals surface area contributed by atoms with Crippen molar-refractivity contribution in [2.24, 2.45) is 0 Å². The number of ether oxygens (including phenoxy) is 2. The molecule has 6 nitrogen and oxygen atoms in total. The summed E-state index contributed by atoms with van der Waals surface area (Å²) in [6, 6.07) is 18.6. The highest BCUT2D eigenvalue weighted by atomic mass is 31.1. The molecule has 3 aromatic carbocycles. The normalized spacial score (nSPS) is 14.7. The summed E-state index contributed by atoms with van der Waals surface area (Å²) in [7, 11) is -5.43. The van der Waals surface area contributed by atoms with Gasteiger partial charge in [-0.25, -0.2) is 0 Å². The van der Waals surface area contributed by atoms with Crippen molar-refractivity contribution in [1.29, 1.82) is 0 Å². The maximum Gasteiger partial charge on any atom is 0.278 e. The Kier molecular flexibility index (Phi) is 10.4. The van der Waals surface area contributed by atoms with Crippen molar-refractivity contribution in [2.75, 3.05) is 0 Å². The van der Waals surface area contributed by atoms with Gasteiger partial charge >= 0.3 is 0 Å². The summed E-state index contributed by atoms with van der Waals surface area (Å²) >= 11 is 0. The third kappa shape index (κ3) is 7.10. The molecule has 0 N–H and O–H groups in total. The van der Waals surface area contributed by atoms with Gasteiger partial charge in [-0.1, -0.05) is 63.2 Å². The van der Waals surface area contributed by atoms with E-state index in [1.165, 1.54) is 0 Å². The zero-order chi connectivity index (χ0) is 28.8. The summed E-state index contributed by atoms with van der Waals surface area (Å²) in [4.78, 5) is 0. The van der Waals surface area contributed by atoms with E-state index in [0.29, 0.717) is 30.8 Å². The topological polar surface area (TPSA) is 71.1 Å². The Hall–Kier alpha value is -2.68. The summed E-state index contributed by atoms with van der Waals surface area (Å²) in [5.41, 5.74) is 3.92. The lowest BCUT2D eigenvalue weighted by atomic mass is 10.1. The number of rotatable bonds is 13. The first-order chi connectivity index (χ1) is 18.5. The summed E-state index contributed by atoms with van der Waals surface area (Å²) in [5.74, 6) is 2.20. The first kappa shape index (κ1) is 30.9. The molecule has 0 aromatic heterocycles. The summed E-state index contributed by atoms with van der Waals surface area (Å²) in [6.07, 6.45) is 1.53. The maximum atomic E-state index is 13.7. The number of hydrogen-bond donors (Lipinski definition) is 0. The largest absolute Gasteiger partial charge is 0.476 e. The molecule has 0 aliphatic heterocycles. The fraction of sp³-hybridized carbons (Fsp3) is 0.419. The van der Waals surface area contributed by atoms with Crippen molar-refractivity contribution in [3.05, 3.63) is 82.9 Å². The molecular weight excluding hydrogens is 530 g/mol. The van der Waals surface area contributed by atoms with E-state index in [1.807, 2.05) is 84.9 Å². The fourth-order valence-electron chi connectivity index (χ4n) is 4.34. The van der Waals surface area contributed by atoms with Crippen molar-refractivity contribution in [3.63, 3.8) is 0 Å². The molecule has 212 valence electrons. The minimum Gasteiger partial charge on any atom is -0.476 e. The number of aryl methyl sites for hydroxylation is 4. The lowest BCUT2D eigenvalue weighted by Crippen LogP contribution is -2.32. The van der Waals surface area contributed by atoms with Crippen LogP contribution in [0.2, 0.25) is 0 Å². The van der Waals surface area contributed by atoms with Crippen LogP contribution in [0.5, 0.6) is 23.0 Å². The molecule has 0 bridgehead atoms. The molecule has 0 radical (unpaired) electrons. The SMILES string of the molecule is CCC(C)(Oc1c(C)cccc1C)[PH](=O)Oc1cccc(O[PH](=O)C(CC)(CC)Oc2c(C)cccc2C)c1. The lowest BCUT2D eigenvalue weighted by Gasteiger charge is -2.33. The first-order valence-electron chi connectivity index (χ1n) is 13.5. The molecule has 3 atom stereocenters. The first-order valence-corrected chi connectivity index (χ1v) is 16.2.